The molecule has 1 atom stereocenters. The van der Waals surface area contributed by atoms with Crippen LogP contribution in [0.15, 0.2) is 12.1 Å². The van der Waals surface area contributed by atoms with E-state index in [0.717, 1.165) is 31.6 Å². The molecule has 0 radical (unpaired) electrons. The van der Waals surface area contributed by atoms with E-state index in [2.05, 4.69) is 17.0 Å². The first-order chi connectivity index (χ1) is 8.33. The summed E-state index contributed by atoms with van der Waals surface area (Å²) in [5.41, 5.74) is 3.25. The zero-order valence-corrected chi connectivity index (χ0v) is 10.5. The van der Waals surface area contributed by atoms with Crippen LogP contribution in [0.3, 0.4) is 0 Å². The molecule has 0 amide bonds. The van der Waals surface area contributed by atoms with Gasteiger partial charge in [0.2, 0.25) is 0 Å². The van der Waals surface area contributed by atoms with E-state index in [1.165, 1.54) is 17.7 Å². The first-order valence-electron chi connectivity index (χ1n) is 5.92. The second kappa shape index (κ2) is 6.05. The third kappa shape index (κ3) is 3.21. The van der Waals surface area contributed by atoms with E-state index in [-0.39, 0.29) is 6.07 Å². The van der Waals surface area contributed by atoms with Gasteiger partial charge in [-0.3, -0.25) is 0 Å². The fourth-order valence-electron chi connectivity index (χ4n) is 2.30. The van der Waals surface area contributed by atoms with E-state index in [9.17, 15) is 0 Å². The summed E-state index contributed by atoms with van der Waals surface area (Å²) in [5.74, 6) is 3.24. The Balaban J connectivity index is 1.99. The van der Waals surface area contributed by atoms with Crippen molar-refractivity contribution in [3.63, 3.8) is 0 Å². The number of nitrogens with zero attached hydrogens (tertiary/aromatic N) is 1. The van der Waals surface area contributed by atoms with Gasteiger partial charge in [-0.2, -0.15) is 0 Å². The van der Waals surface area contributed by atoms with Gasteiger partial charge >= 0.3 is 0 Å². The van der Waals surface area contributed by atoms with Crippen molar-refractivity contribution in [2.45, 2.75) is 25.7 Å². The van der Waals surface area contributed by atoms with Crippen molar-refractivity contribution in [2.75, 3.05) is 12.7 Å². The summed E-state index contributed by atoms with van der Waals surface area (Å²) in [6.07, 6.45) is 9.73. The number of hydrogen-bond acceptors (Lipinski definition) is 2. The van der Waals surface area contributed by atoms with Crippen LogP contribution >= 0.6 is 11.6 Å². The minimum absolute atomic E-state index is 0.281. The Labute approximate surface area is 107 Å². The third-order valence-corrected chi connectivity index (χ3v) is 3.42. The van der Waals surface area contributed by atoms with Gasteiger partial charge in [0.15, 0.2) is 0 Å². The molecule has 0 saturated carbocycles. The summed E-state index contributed by atoms with van der Waals surface area (Å²) in [4.78, 5) is 4.51. The lowest BCUT2D eigenvalue weighted by molar-refractivity contribution is 0.156. The van der Waals surface area contributed by atoms with E-state index in [0.29, 0.717) is 5.92 Å². The molecule has 2 nitrogen and oxygen atoms in total. The number of ether oxygens (including phenoxy) is 1. The molecule has 0 saturated heterocycles. The zero-order valence-electron chi connectivity index (χ0n) is 9.79. The summed E-state index contributed by atoms with van der Waals surface area (Å²) in [6, 6.07) is 4.32. The van der Waals surface area contributed by atoms with Crippen LogP contribution in [0.4, 0.5) is 0 Å². The van der Waals surface area contributed by atoms with Gasteiger partial charge in [-0.15, -0.1) is 6.42 Å². The minimum Gasteiger partial charge on any atom is -0.366 e. The maximum atomic E-state index is 5.48. The number of aromatic nitrogens is 1. The molecule has 0 aromatic carbocycles. The van der Waals surface area contributed by atoms with Crippen molar-refractivity contribution in [3.8, 4) is 12.3 Å². The number of halogens is 1. The molecule has 0 N–H and O–H groups in total. The Morgan fingerprint density at radius 1 is 1.53 bits per heavy atom. The largest absolute Gasteiger partial charge is 0.366 e. The fraction of sp³-hybridized carbons (Fsp3) is 0.500. The summed E-state index contributed by atoms with van der Waals surface area (Å²) in [6.45, 7) is 0.734. The van der Waals surface area contributed by atoms with E-state index in [1.54, 1.807) is 0 Å². The monoisotopic (exact) mass is 249 g/mol. The molecule has 1 heterocycles. The topological polar surface area (TPSA) is 22.1 Å². The van der Waals surface area contributed by atoms with Gasteiger partial charge in [0.05, 0.1) is 0 Å². The van der Waals surface area contributed by atoms with E-state index in [4.69, 9.17) is 22.8 Å². The Kier molecular flexibility index (Phi) is 4.42. The number of rotatable bonds is 4. The molecular formula is C14H16ClNO. The number of aryl methyl sites for hydroxylation is 1. The van der Waals surface area contributed by atoms with Gasteiger partial charge in [0.25, 0.3) is 0 Å². The van der Waals surface area contributed by atoms with Gasteiger partial charge in [-0.1, -0.05) is 23.6 Å². The quantitative estimate of drug-likeness (QED) is 0.465. The van der Waals surface area contributed by atoms with Crippen molar-refractivity contribution >= 4 is 11.6 Å². The van der Waals surface area contributed by atoms with E-state index in [1.807, 2.05) is 6.07 Å². The van der Waals surface area contributed by atoms with Crippen molar-refractivity contribution in [1.29, 1.82) is 0 Å². The smallest absolute Gasteiger partial charge is 0.120 e. The number of alkyl halides is 1. The molecular weight excluding hydrogens is 234 g/mol. The lowest BCUT2D eigenvalue weighted by atomic mass is 9.85. The van der Waals surface area contributed by atoms with Crippen molar-refractivity contribution < 1.29 is 4.74 Å². The maximum Gasteiger partial charge on any atom is 0.120 e. The molecule has 1 aliphatic rings. The van der Waals surface area contributed by atoms with Crippen LogP contribution in [0.5, 0.6) is 0 Å². The highest BCUT2D eigenvalue weighted by Gasteiger charge is 2.19. The Bertz CT molecular complexity index is 425. The van der Waals surface area contributed by atoms with Crippen LogP contribution in [0, 0.1) is 18.3 Å². The highest BCUT2D eigenvalue weighted by molar-refractivity contribution is 6.17. The number of pyridine rings is 1. The fourth-order valence-corrected chi connectivity index (χ4v) is 2.41. The average Bonchev–Trinajstić information content (AvgIpc) is 2.38. The molecule has 0 spiro atoms. The standard InChI is InChI=1S/C14H16ClNO/c1-2-13-6-5-12-4-3-11(7-8-17-10-15)9-14(12)16-13/h1,5-6,11H,3-4,7-10H2. The van der Waals surface area contributed by atoms with Crippen LogP contribution in [0.2, 0.25) is 0 Å². The third-order valence-electron chi connectivity index (χ3n) is 3.27. The van der Waals surface area contributed by atoms with Crippen LogP contribution in [0.1, 0.15) is 29.8 Å². The molecule has 0 aliphatic heterocycles. The number of terminal acetylenes is 1. The summed E-state index contributed by atoms with van der Waals surface area (Å²) >= 11 is 5.48. The Morgan fingerprint density at radius 3 is 3.18 bits per heavy atom. The van der Waals surface area contributed by atoms with E-state index >= 15 is 0 Å². The van der Waals surface area contributed by atoms with Crippen LogP contribution in [-0.4, -0.2) is 17.7 Å². The Hall–Kier alpha value is -1.04. The molecule has 90 valence electrons. The molecule has 3 heteroatoms. The molecule has 1 aliphatic carbocycles. The highest BCUT2D eigenvalue weighted by Crippen LogP contribution is 2.26. The Morgan fingerprint density at radius 2 is 2.41 bits per heavy atom. The van der Waals surface area contributed by atoms with Crippen molar-refractivity contribution in [2.24, 2.45) is 5.92 Å². The lowest BCUT2D eigenvalue weighted by Crippen LogP contribution is -2.17. The van der Waals surface area contributed by atoms with Gasteiger partial charge in [-0.25, -0.2) is 4.98 Å². The second-order valence-electron chi connectivity index (χ2n) is 4.36. The molecule has 1 aromatic heterocycles. The maximum absolute atomic E-state index is 5.48. The molecule has 0 fully saturated rings. The van der Waals surface area contributed by atoms with Crippen molar-refractivity contribution in [1.82, 2.24) is 4.98 Å². The first kappa shape index (κ1) is 12.4. The summed E-state index contributed by atoms with van der Waals surface area (Å²) in [7, 11) is 0. The van der Waals surface area contributed by atoms with Crippen LogP contribution in [0.25, 0.3) is 0 Å². The zero-order chi connectivity index (χ0) is 12.1. The summed E-state index contributed by atoms with van der Waals surface area (Å²) in [5, 5.41) is 0. The second-order valence-corrected chi connectivity index (χ2v) is 4.58. The lowest BCUT2D eigenvalue weighted by Gasteiger charge is -2.23. The SMILES string of the molecule is C#Cc1ccc2c(n1)CC(CCOCCl)CC2. The molecule has 1 aromatic rings. The molecule has 17 heavy (non-hydrogen) atoms. The van der Waals surface area contributed by atoms with Crippen LogP contribution < -0.4 is 0 Å². The highest BCUT2D eigenvalue weighted by atomic mass is 35.5. The minimum atomic E-state index is 0.281. The van der Waals surface area contributed by atoms with Gasteiger partial charge in [-0.05, 0) is 43.2 Å². The van der Waals surface area contributed by atoms with Crippen LogP contribution in [-0.2, 0) is 17.6 Å². The average molecular weight is 250 g/mol. The predicted molar refractivity (Wildman–Crippen MR) is 69.0 cm³/mol. The van der Waals surface area contributed by atoms with Gasteiger partial charge in [0, 0.05) is 12.3 Å². The van der Waals surface area contributed by atoms with E-state index < -0.39 is 0 Å². The normalized spacial score (nSPS) is 18.5. The number of hydrogen-bond donors (Lipinski definition) is 0. The van der Waals surface area contributed by atoms with Gasteiger partial charge < -0.3 is 4.74 Å². The molecule has 1 unspecified atom stereocenters. The first-order valence-corrected chi connectivity index (χ1v) is 6.46. The predicted octanol–water partition coefficient (Wildman–Crippen LogP) is 2.77. The number of fused-ring (bicyclic) bond motifs is 1. The van der Waals surface area contributed by atoms with Gasteiger partial charge in [0.1, 0.15) is 11.8 Å². The molecule has 0 bridgehead atoms. The molecule has 2 rings (SSSR count). The summed E-state index contributed by atoms with van der Waals surface area (Å²) < 4.78 is 5.18. The van der Waals surface area contributed by atoms with Crippen molar-refractivity contribution in [3.05, 3.63) is 29.1 Å².